The summed E-state index contributed by atoms with van der Waals surface area (Å²) >= 11 is 0. The van der Waals surface area contributed by atoms with Gasteiger partial charge in [0.2, 0.25) is 5.91 Å². The van der Waals surface area contributed by atoms with Crippen LogP contribution in [-0.4, -0.2) is 31.0 Å². The first-order valence-electron chi connectivity index (χ1n) is 5.73. The number of amides is 1. The summed E-state index contributed by atoms with van der Waals surface area (Å²) in [6.45, 7) is 2.95. The number of nitrogens with one attached hydrogen (secondary N) is 2. The molecule has 1 atom stereocenters. The minimum atomic E-state index is -0.463. The molecular formula is C12H17N3O3. The Balaban J connectivity index is 2.71. The number of non-ortho nitro benzene ring substituents is 1. The van der Waals surface area contributed by atoms with Gasteiger partial charge < -0.3 is 10.6 Å². The third-order valence-corrected chi connectivity index (χ3v) is 2.65. The smallest absolute Gasteiger partial charge is 0.269 e. The van der Waals surface area contributed by atoms with Crippen molar-refractivity contribution in [2.75, 3.05) is 20.1 Å². The summed E-state index contributed by atoms with van der Waals surface area (Å²) in [4.78, 5) is 22.0. The minimum absolute atomic E-state index is 0.00220. The molecule has 1 aromatic carbocycles. The summed E-state index contributed by atoms with van der Waals surface area (Å²) in [7, 11) is 1.80. The number of hydrogen-bond donors (Lipinski definition) is 2. The first kappa shape index (κ1) is 14.1. The summed E-state index contributed by atoms with van der Waals surface area (Å²) < 4.78 is 0. The van der Waals surface area contributed by atoms with E-state index in [1.54, 1.807) is 26.1 Å². The lowest BCUT2D eigenvalue weighted by Gasteiger charge is -2.12. The van der Waals surface area contributed by atoms with Crippen LogP contribution in [-0.2, 0) is 4.79 Å². The Bertz CT molecular complexity index is 434. The minimum Gasteiger partial charge on any atom is -0.354 e. The van der Waals surface area contributed by atoms with Gasteiger partial charge in [-0.3, -0.25) is 14.9 Å². The van der Waals surface area contributed by atoms with Crippen molar-refractivity contribution >= 4 is 11.6 Å². The van der Waals surface area contributed by atoms with Crippen molar-refractivity contribution < 1.29 is 9.72 Å². The van der Waals surface area contributed by atoms with E-state index in [9.17, 15) is 14.9 Å². The number of hydrogen-bond acceptors (Lipinski definition) is 4. The zero-order chi connectivity index (χ0) is 13.5. The maximum Gasteiger partial charge on any atom is 0.269 e. The van der Waals surface area contributed by atoms with E-state index < -0.39 is 10.8 Å². The maximum absolute atomic E-state index is 11.8. The average molecular weight is 251 g/mol. The molecule has 0 saturated heterocycles. The van der Waals surface area contributed by atoms with E-state index in [0.717, 1.165) is 0 Å². The predicted molar refractivity (Wildman–Crippen MR) is 68.4 cm³/mol. The molecule has 6 heteroatoms. The molecule has 0 radical (unpaired) electrons. The zero-order valence-electron chi connectivity index (χ0n) is 10.5. The number of nitrogens with zero attached hydrogens (tertiary/aromatic N) is 1. The lowest BCUT2D eigenvalue weighted by Crippen LogP contribution is -2.33. The lowest BCUT2D eigenvalue weighted by molar-refractivity contribution is -0.384. The Kier molecular flexibility index (Phi) is 5.26. The Morgan fingerprint density at radius 2 is 2.17 bits per heavy atom. The van der Waals surface area contributed by atoms with Crippen molar-refractivity contribution in [1.29, 1.82) is 0 Å². The van der Waals surface area contributed by atoms with Gasteiger partial charge in [0.1, 0.15) is 0 Å². The van der Waals surface area contributed by atoms with E-state index in [2.05, 4.69) is 10.6 Å². The molecule has 0 aliphatic rings. The van der Waals surface area contributed by atoms with E-state index in [4.69, 9.17) is 0 Å². The predicted octanol–water partition coefficient (Wildman–Crippen LogP) is 1.03. The molecule has 0 aromatic heterocycles. The number of benzene rings is 1. The van der Waals surface area contributed by atoms with E-state index in [1.165, 1.54) is 12.1 Å². The van der Waals surface area contributed by atoms with Gasteiger partial charge >= 0.3 is 0 Å². The van der Waals surface area contributed by atoms with Gasteiger partial charge in [-0.15, -0.1) is 0 Å². The molecule has 0 fully saturated rings. The second-order valence-electron chi connectivity index (χ2n) is 3.97. The average Bonchev–Trinajstić information content (AvgIpc) is 2.38. The van der Waals surface area contributed by atoms with Crippen LogP contribution in [0.2, 0.25) is 0 Å². The third kappa shape index (κ3) is 3.81. The number of carbonyl (C=O) groups is 1. The van der Waals surface area contributed by atoms with Crippen molar-refractivity contribution in [2.24, 2.45) is 0 Å². The highest BCUT2D eigenvalue weighted by molar-refractivity contribution is 5.83. The molecular weight excluding hydrogens is 234 g/mol. The van der Waals surface area contributed by atoms with Gasteiger partial charge in [0, 0.05) is 25.2 Å². The molecule has 0 spiro atoms. The van der Waals surface area contributed by atoms with E-state index in [0.29, 0.717) is 18.7 Å². The summed E-state index contributed by atoms with van der Waals surface area (Å²) in [6, 6.07) is 6.15. The molecule has 1 aromatic rings. The third-order valence-electron chi connectivity index (χ3n) is 2.65. The molecule has 18 heavy (non-hydrogen) atoms. The number of nitro groups is 1. The normalized spacial score (nSPS) is 11.9. The molecule has 0 saturated carbocycles. The fraction of sp³-hybridized carbons (Fsp3) is 0.417. The van der Waals surface area contributed by atoms with Crippen molar-refractivity contribution in [3.63, 3.8) is 0 Å². The molecule has 0 aliphatic heterocycles. The van der Waals surface area contributed by atoms with E-state index in [1.807, 2.05) is 0 Å². The Hall–Kier alpha value is -1.95. The van der Waals surface area contributed by atoms with Gasteiger partial charge in [-0.2, -0.15) is 0 Å². The van der Waals surface area contributed by atoms with Crippen molar-refractivity contribution in [3.05, 3.63) is 39.9 Å². The largest absolute Gasteiger partial charge is 0.354 e. The standard InChI is InChI=1S/C12H17N3O3/c1-9(12(16)14-7-6-13-2)10-4-3-5-11(8-10)15(17)18/h3-5,8-9,13H,6-7H2,1-2H3,(H,14,16). The van der Waals surface area contributed by atoms with Crippen LogP contribution in [0.3, 0.4) is 0 Å². The van der Waals surface area contributed by atoms with Gasteiger partial charge in [-0.1, -0.05) is 12.1 Å². The Morgan fingerprint density at radius 3 is 2.78 bits per heavy atom. The van der Waals surface area contributed by atoms with Gasteiger partial charge in [-0.25, -0.2) is 0 Å². The van der Waals surface area contributed by atoms with Gasteiger partial charge in [0.25, 0.3) is 5.69 Å². The highest BCUT2D eigenvalue weighted by Crippen LogP contribution is 2.20. The van der Waals surface area contributed by atoms with Crippen LogP contribution in [0.4, 0.5) is 5.69 Å². The zero-order valence-corrected chi connectivity index (χ0v) is 10.5. The summed E-state index contributed by atoms with van der Waals surface area (Å²) in [5.74, 6) is -0.535. The fourth-order valence-corrected chi connectivity index (χ4v) is 1.52. The number of likely N-dealkylation sites (N-methyl/N-ethyl adjacent to an activating group) is 1. The van der Waals surface area contributed by atoms with E-state index in [-0.39, 0.29) is 11.6 Å². The molecule has 0 aliphatic carbocycles. The molecule has 6 nitrogen and oxygen atoms in total. The van der Waals surface area contributed by atoms with Crippen LogP contribution in [0, 0.1) is 10.1 Å². The highest BCUT2D eigenvalue weighted by atomic mass is 16.6. The van der Waals surface area contributed by atoms with Gasteiger partial charge in [0.05, 0.1) is 10.8 Å². The molecule has 1 unspecified atom stereocenters. The van der Waals surface area contributed by atoms with Crippen LogP contribution in [0.5, 0.6) is 0 Å². The van der Waals surface area contributed by atoms with Crippen LogP contribution in [0.1, 0.15) is 18.4 Å². The summed E-state index contributed by atoms with van der Waals surface area (Å²) in [6.07, 6.45) is 0. The fourth-order valence-electron chi connectivity index (χ4n) is 1.52. The van der Waals surface area contributed by atoms with Crippen molar-refractivity contribution in [3.8, 4) is 0 Å². The molecule has 1 rings (SSSR count). The van der Waals surface area contributed by atoms with Crippen molar-refractivity contribution in [1.82, 2.24) is 10.6 Å². The maximum atomic E-state index is 11.8. The topological polar surface area (TPSA) is 84.3 Å². The van der Waals surface area contributed by atoms with Gasteiger partial charge in [0.15, 0.2) is 0 Å². The second kappa shape index (κ2) is 6.70. The number of carbonyl (C=O) groups excluding carboxylic acids is 1. The van der Waals surface area contributed by atoms with Crippen LogP contribution in [0.25, 0.3) is 0 Å². The quantitative estimate of drug-likeness (QED) is 0.449. The SMILES string of the molecule is CNCCNC(=O)C(C)c1cccc([N+](=O)[O-])c1. The first-order valence-corrected chi connectivity index (χ1v) is 5.73. The van der Waals surface area contributed by atoms with E-state index >= 15 is 0 Å². The molecule has 0 heterocycles. The first-order chi connectivity index (χ1) is 8.56. The molecule has 0 bridgehead atoms. The molecule has 98 valence electrons. The van der Waals surface area contributed by atoms with Crippen LogP contribution >= 0.6 is 0 Å². The highest BCUT2D eigenvalue weighted by Gasteiger charge is 2.17. The Labute approximate surface area is 106 Å². The van der Waals surface area contributed by atoms with Crippen LogP contribution < -0.4 is 10.6 Å². The lowest BCUT2D eigenvalue weighted by atomic mass is 10.00. The summed E-state index contributed by atoms with van der Waals surface area (Å²) in [5, 5.41) is 16.3. The second-order valence-corrected chi connectivity index (χ2v) is 3.97. The number of rotatable bonds is 6. The number of nitro benzene ring substituents is 1. The monoisotopic (exact) mass is 251 g/mol. The van der Waals surface area contributed by atoms with Crippen LogP contribution in [0.15, 0.2) is 24.3 Å². The Morgan fingerprint density at radius 1 is 1.44 bits per heavy atom. The van der Waals surface area contributed by atoms with Gasteiger partial charge in [-0.05, 0) is 19.5 Å². The summed E-state index contributed by atoms with van der Waals surface area (Å²) in [5.41, 5.74) is 0.647. The molecule has 1 amide bonds. The van der Waals surface area contributed by atoms with Crippen molar-refractivity contribution in [2.45, 2.75) is 12.8 Å². The molecule has 2 N–H and O–H groups in total.